The maximum atomic E-state index is 12.7. The number of carbonyl (C=O) groups is 1. The van der Waals surface area contributed by atoms with E-state index in [0.29, 0.717) is 18.7 Å². The van der Waals surface area contributed by atoms with Crippen molar-refractivity contribution in [2.75, 3.05) is 6.54 Å². The van der Waals surface area contributed by atoms with Crippen molar-refractivity contribution >= 4 is 5.91 Å². The van der Waals surface area contributed by atoms with E-state index in [-0.39, 0.29) is 11.8 Å². The van der Waals surface area contributed by atoms with E-state index in [1.54, 1.807) is 10.7 Å². The van der Waals surface area contributed by atoms with Crippen molar-refractivity contribution in [3.05, 3.63) is 77.5 Å². The Morgan fingerprint density at radius 1 is 1.30 bits per heavy atom. The largest absolute Gasteiger partial charge is 0.472 e. The monoisotopic (exact) mass is 307 g/mol. The predicted octanol–water partition coefficient (Wildman–Crippen LogP) is 2.80. The summed E-state index contributed by atoms with van der Waals surface area (Å²) in [5.74, 6) is 0.145. The van der Waals surface area contributed by atoms with Gasteiger partial charge in [0.1, 0.15) is 6.26 Å². The average Bonchev–Trinajstić information content (AvgIpc) is 3.24. The molecule has 5 heteroatoms. The van der Waals surface area contributed by atoms with Gasteiger partial charge in [0.25, 0.3) is 5.91 Å². The Labute approximate surface area is 134 Å². The van der Waals surface area contributed by atoms with Crippen LogP contribution in [0.2, 0.25) is 0 Å². The number of rotatable bonds is 2. The highest BCUT2D eigenvalue weighted by atomic mass is 16.3. The molecule has 1 amide bonds. The maximum Gasteiger partial charge on any atom is 0.257 e. The Kier molecular flexibility index (Phi) is 3.26. The van der Waals surface area contributed by atoms with Crippen LogP contribution in [0, 0.1) is 0 Å². The lowest BCUT2D eigenvalue weighted by Crippen LogP contribution is -2.38. The van der Waals surface area contributed by atoms with Gasteiger partial charge in [-0.15, -0.1) is 0 Å². The molecular weight excluding hydrogens is 290 g/mol. The van der Waals surface area contributed by atoms with Gasteiger partial charge < -0.3 is 9.32 Å². The molecule has 0 saturated heterocycles. The molecule has 5 nitrogen and oxygen atoms in total. The molecule has 23 heavy (non-hydrogen) atoms. The molecule has 2 aromatic heterocycles. The Morgan fingerprint density at radius 2 is 2.17 bits per heavy atom. The molecule has 0 radical (unpaired) electrons. The van der Waals surface area contributed by atoms with Crippen molar-refractivity contribution in [2.24, 2.45) is 7.05 Å². The van der Waals surface area contributed by atoms with Crippen molar-refractivity contribution in [3.8, 4) is 0 Å². The number of nitrogens with zero attached hydrogens (tertiary/aromatic N) is 3. The zero-order valence-corrected chi connectivity index (χ0v) is 12.8. The third-order valence-electron chi connectivity index (χ3n) is 4.38. The summed E-state index contributed by atoms with van der Waals surface area (Å²) in [4.78, 5) is 14.6. The lowest BCUT2D eigenvalue weighted by molar-refractivity contribution is 0.0724. The number of benzene rings is 1. The first-order valence-corrected chi connectivity index (χ1v) is 7.60. The first-order chi connectivity index (χ1) is 11.2. The van der Waals surface area contributed by atoms with Crippen molar-refractivity contribution in [1.29, 1.82) is 0 Å². The molecule has 0 N–H and O–H groups in total. The molecule has 0 fully saturated rings. The molecule has 1 aliphatic heterocycles. The minimum Gasteiger partial charge on any atom is -0.472 e. The second-order valence-corrected chi connectivity index (χ2v) is 5.90. The van der Waals surface area contributed by atoms with Crippen LogP contribution in [0.25, 0.3) is 0 Å². The lowest BCUT2D eigenvalue weighted by Gasteiger charge is -2.34. The van der Waals surface area contributed by atoms with Gasteiger partial charge in [-0.3, -0.25) is 9.48 Å². The van der Waals surface area contributed by atoms with E-state index in [1.165, 1.54) is 23.7 Å². The number of fused-ring (bicyclic) bond motifs is 1. The second kappa shape index (κ2) is 5.43. The van der Waals surface area contributed by atoms with Gasteiger partial charge in [-0.25, -0.2) is 0 Å². The van der Waals surface area contributed by atoms with Crippen molar-refractivity contribution in [2.45, 2.75) is 12.5 Å². The SMILES string of the molecule is Cn1cc([C@@H]2CN(C(=O)c3ccoc3)Cc3ccccc32)cn1. The standard InChI is InChI=1S/C18H17N3O2/c1-20-9-15(8-19-20)17-11-21(18(22)14-6-7-23-12-14)10-13-4-2-3-5-16(13)17/h2-9,12,17H,10-11H2,1H3/t17-/m0/s1. The number of amides is 1. The van der Waals surface area contributed by atoms with Crippen molar-refractivity contribution in [3.63, 3.8) is 0 Å². The highest BCUT2D eigenvalue weighted by Gasteiger charge is 2.30. The molecule has 4 rings (SSSR count). The van der Waals surface area contributed by atoms with Gasteiger partial charge in [0.2, 0.25) is 0 Å². The van der Waals surface area contributed by atoms with E-state index in [4.69, 9.17) is 4.42 Å². The Hall–Kier alpha value is -2.82. The fraction of sp³-hybridized carbons (Fsp3) is 0.222. The van der Waals surface area contributed by atoms with Crippen LogP contribution in [-0.4, -0.2) is 27.1 Å². The van der Waals surface area contributed by atoms with E-state index in [2.05, 4.69) is 23.3 Å². The zero-order valence-electron chi connectivity index (χ0n) is 12.8. The third-order valence-corrected chi connectivity index (χ3v) is 4.38. The molecule has 0 spiro atoms. The number of aryl methyl sites for hydroxylation is 1. The van der Waals surface area contributed by atoms with E-state index in [1.807, 2.05) is 30.4 Å². The van der Waals surface area contributed by atoms with Gasteiger partial charge in [-0.1, -0.05) is 24.3 Å². The first kappa shape index (κ1) is 13.8. The summed E-state index contributed by atoms with van der Waals surface area (Å²) < 4.78 is 6.85. The highest BCUT2D eigenvalue weighted by molar-refractivity contribution is 5.94. The third kappa shape index (κ3) is 2.44. The Morgan fingerprint density at radius 3 is 2.91 bits per heavy atom. The van der Waals surface area contributed by atoms with E-state index >= 15 is 0 Å². The quantitative estimate of drug-likeness (QED) is 0.731. The predicted molar refractivity (Wildman–Crippen MR) is 84.9 cm³/mol. The fourth-order valence-electron chi connectivity index (χ4n) is 3.24. The molecule has 116 valence electrons. The summed E-state index contributed by atoms with van der Waals surface area (Å²) >= 11 is 0. The molecular formula is C18H17N3O2. The minimum atomic E-state index is 0.00198. The Bertz CT molecular complexity index is 836. The fourth-order valence-corrected chi connectivity index (χ4v) is 3.24. The molecule has 1 atom stereocenters. The summed E-state index contributed by atoms with van der Waals surface area (Å²) in [5, 5.41) is 4.28. The zero-order chi connectivity index (χ0) is 15.8. The molecule has 0 bridgehead atoms. The number of carbonyl (C=O) groups excluding carboxylic acids is 1. The molecule has 0 unspecified atom stereocenters. The van der Waals surface area contributed by atoms with Gasteiger partial charge in [0.15, 0.2) is 0 Å². The normalized spacial score (nSPS) is 17.1. The summed E-state index contributed by atoms with van der Waals surface area (Å²) in [6.07, 6.45) is 6.94. The van der Waals surface area contributed by atoms with Gasteiger partial charge in [0.05, 0.1) is 18.0 Å². The first-order valence-electron chi connectivity index (χ1n) is 7.60. The van der Waals surface area contributed by atoms with Crippen LogP contribution in [0.4, 0.5) is 0 Å². The number of furan rings is 1. The summed E-state index contributed by atoms with van der Waals surface area (Å²) in [7, 11) is 1.91. The molecule has 1 aliphatic rings. The minimum absolute atomic E-state index is 0.00198. The Balaban J connectivity index is 1.72. The van der Waals surface area contributed by atoms with Crippen LogP contribution in [-0.2, 0) is 13.6 Å². The molecule has 1 aromatic carbocycles. The summed E-state index contributed by atoms with van der Waals surface area (Å²) in [5.41, 5.74) is 4.18. The molecule has 3 aromatic rings. The van der Waals surface area contributed by atoms with Crippen molar-refractivity contribution in [1.82, 2.24) is 14.7 Å². The number of hydrogen-bond acceptors (Lipinski definition) is 3. The van der Waals surface area contributed by atoms with Crippen LogP contribution < -0.4 is 0 Å². The van der Waals surface area contributed by atoms with Crippen LogP contribution in [0.15, 0.2) is 59.7 Å². The van der Waals surface area contributed by atoms with E-state index < -0.39 is 0 Å². The van der Waals surface area contributed by atoms with Crippen LogP contribution in [0.5, 0.6) is 0 Å². The lowest BCUT2D eigenvalue weighted by atomic mass is 9.86. The van der Waals surface area contributed by atoms with Crippen LogP contribution in [0.1, 0.15) is 33.0 Å². The van der Waals surface area contributed by atoms with Gasteiger partial charge >= 0.3 is 0 Å². The summed E-state index contributed by atoms with van der Waals surface area (Å²) in [6, 6.07) is 10.0. The van der Waals surface area contributed by atoms with Gasteiger partial charge in [-0.2, -0.15) is 5.10 Å². The topological polar surface area (TPSA) is 51.3 Å². The highest BCUT2D eigenvalue weighted by Crippen LogP contribution is 2.33. The van der Waals surface area contributed by atoms with E-state index in [9.17, 15) is 4.79 Å². The van der Waals surface area contributed by atoms with E-state index in [0.717, 1.165) is 5.56 Å². The molecule has 0 saturated carbocycles. The maximum absolute atomic E-state index is 12.7. The van der Waals surface area contributed by atoms with Gasteiger partial charge in [0, 0.05) is 32.3 Å². The average molecular weight is 307 g/mol. The van der Waals surface area contributed by atoms with Gasteiger partial charge in [-0.05, 0) is 22.8 Å². The van der Waals surface area contributed by atoms with Crippen molar-refractivity contribution < 1.29 is 9.21 Å². The number of aromatic nitrogens is 2. The van der Waals surface area contributed by atoms with Crippen LogP contribution >= 0.6 is 0 Å². The molecule has 0 aliphatic carbocycles. The summed E-state index contributed by atoms with van der Waals surface area (Å²) in [6.45, 7) is 1.27. The smallest absolute Gasteiger partial charge is 0.257 e. The second-order valence-electron chi connectivity index (χ2n) is 5.90. The number of hydrogen-bond donors (Lipinski definition) is 0. The molecule has 3 heterocycles. The van der Waals surface area contributed by atoms with Crippen LogP contribution in [0.3, 0.4) is 0 Å².